The third-order valence-electron chi connectivity index (χ3n) is 0.780. The highest BCUT2D eigenvalue weighted by atomic mass is 16.5. The van der Waals surface area contributed by atoms with E-state index >= 15 is 0 Å². The van der Waals surface area contributed by atoms with Gasteiger partial charge in [-0.25, -0.2) is 0 Å². The van der Waals surface area contributed by atoms with Crippen molar-refractivity contribution in [2.75, 3.05) is 26.9 Å². The zero-order valence-electron chi connectivity index (χ0n) is 5.64. The maximum absolute atomic E-state index is 5.10. The first kappa shape index (κ1) is 11.7. The van der Waals surface area contributed by atoms with E-state index in [1.165, 1.54) is 0 Å². The van der Waals surface area contributed by atoms with E-state index in [-0.39, 0.29) is 7.43 Å². The van der Waals surface area contributed by atoms with Gasteiger partial charge in [-0.3, -0.25) is 0 Å². The van der Waals surface area contributed by atoms with Crippen LogP contribution in [-0.2, 0) is 9.47 Å². The molecule has 0 heterocycles. The lowest BCUT2D eigenvalue weighted by atomic mass is 10.5. The van der Waals surface area contributed by atoms with Gasteiger partial charge in [0.1, 0.15) is 0 Å². The lowest BCUT2D eigenvalue weighted by molar-refractivity contribution is 0.0710. The molecule has 0 aliphatic heterocycles. The Morgan fingerprint density at radius 1 is 1.11 bits per heavy atom. The lowest BCUT2D eigenvalue weighted by Crippen LogP contribution is -2.01. The van der Waals surface area contributed by atoms with Gasteiger partial charge in [-0.1, -0.05) is 14.4 Å². The molecule has 0 radical (unpaired) electrons. The van der Waals surface area contributed by atoms with Crippen molar-refractivity contribution in [2.24, 2.45) is 0 Å². The second-order valence-corrected chi connectivity index (χ2v) is 1.61. The highest BCUT2D eigenvalue weighted by Gasteiger charge is 1.81. The van der Waals surface area contributed by atoms with Gasteiger partial charge in [-0.15, -0.1) is 0 Å². The quantitative estimate of drug-likeness (QED) is 0.533. The summed E-state index contributed by atoms with van der Waals surface area (Å²) >= 11 is 0. The van der Waals surface area contributed by atoms with Crippen LogP contribution in [0.15, 0.2) is 0 Å². The number of rotatable bonds is 5. The summed E-state index contributed by atoms with van der Waals surface area (Å²) in [6.45, 7) is 4.38. The summed E-state index contributed by atoms with van der Waals surface area (Å²) in [5, 5.41) is 0. The molecule has 0 unspecified atom stereocenters. The van der Waals surface area contributed by atoms with Crippen LogP contribution in [0, 0.1) is 0 Å². The molecule has 0 aromatic rings. The minimum Gasteiger partial charge on any atom is -0.382 e. The molecule has 0 atom stereocenters. The molecule has 58 valence electrons. The average molecular weight is 134 g/mol. The minimum absolute atomic E-state index is 0. The standard InChI is InChI=1S/C6H14O2.CH4/c1-3-4-8-6-5-7-2;/h3-6H2,1-2H3;1H4. The lowest BCUT2D eigenvalue weighted by Gasteiger charge is -1.98. The normalized spacial score (nSPS) is 8.67. The summed E-state index contributed by atoms with van der Waals surface area (Å²) < 4.78 is 9.86. The van der Waals surface area contributed by atoms with E-state index in [0.717, 1.165) is 19.6 Å². The molecule has 0 N–H and O–H groups in total. The average Bonchev–Trinajstić information content (AvgIpc) is 1.81. The third-order valence-corrected chi connectivity index (χ3v) is 0.780. The highest BCUT2D eigenvalue weighted by Crippen LogP contribution is 1.78. The van der Waals surface area contributed by atoms with Crippen molar-refractivity contribution in [3.8, 4) is 0 Å². The molecule has 0 spiro atoms. The monoisotopic (exact) mass is 134 g/mol. The largest absolute Gasteiger partial charge is 0.382 e. The van der Waals surface area contributed by atoms with Gasteiger partial charge in [0.05, 0.1) is 13.2 Å². The second kappa shape index (κ2) is 10.8. The maximum Gasteiger partial charge on any atom is 0.0700 e. The summed E-state index contributed by atoms with van der Waals surface area (Å²) in [5.74, 6) is 0. The number of hydrogen-bond donors (Lipinski definition) is 0. The Morgan fingerprint density at radius 3 is 2.22 bits per heavy atom. The van der Waals surface area contributed by atoms with Gasteiger partial charge < -0.3 is 9.47 Å². The van der Waals surface area contributed by atoms with Crippen molar-refractivity contribution < 1.29 is 9.47 Å². The summed E-state index contributed by atoms with van der Waals surface area (Å²) in [5.41, 5.74) is 0. The van der Waals surface area contributed by atoms with Crippen molar-refractivity contribution in [3.05, 3.63) is 0 Å². The summed E-state index contributed by atoms with van der Waals surface area (Å²) in [6, 6.07) is 0. The predicted octanol–water partition coefficient (Wildman–Crippen LogP) is 1.70. The molecular formula is C7H18O2. The zero-order chi connectivity index (χ0) is 6.24. The Labute approximate surface area is 58.2 Å². The summed E-state index contributed by atoms with van der Waals surface area (Å²) in [4.78, 5) is 0. The van der Waals surface area contributed by atoms with Crippen LogP contribution in [0.5, 0.6) is 0 Å². The molecular weight excluding hydrogens is 116 g/mol. The van der Waals surface area contributed by atoms with E-state index < -0.39 is 0 Å². The maximum atomic E-state index is 5.10. The van der Waals surface area contributed by atoms with Crippen LogP contribution in [0.3, 0.4) is 0 Å². The molecule has 0 saturated carbocycles. The first-order valence-electron chi connectivity index (χ1n) is 2.98. The molecule has 0 amide bonds. The Morgan fingerprint density at radius 2 is 1.78 bits per heavy atom. The number of ether oxygens (including phenoxy) is 2. The van der Waals surface area contributed by atoms with Crippen LogP contribution in [0.1, 0.15) is 20.8 Å². The van der Waals surface area contributed by atoms with Gasteiger partial charge in [0.25, 0.3) is 0 Å². The van der Waals surface area contributed by atoms with Gasteiger partial charge in [-0.2, -0.15) is 0 Å². The first-order chi connectivity index (χ1) is 3.91. The Hall–Kier alpha value is -0.0800. The second-order valence-electron chi connectivity index (χ2n) is 1.61. The van der Waals surface area contributed by atoms with Crippen LogP contribution < -0.4 is 0 Å². The molecule has 2 heteroatoms. The SMILES string of the molecule is C.CCCOCCOC. The molecule has 0 saturated heterocycles. The molecule has 0 fully saturated rings. The summed E-state index contributed by atoms with van der Waals surface area (Å²) in [7, 11) is 1.68. The first-order valence-corrected chi connectivity index (χ1v) is 2.98. The molecule has 2 nitrogen and oxygen atoms in total. The molecule has 9 heavy (non-hydrogen) atoms. The van der Waals surface area contributed by atoms with Gasteiger partial charge in [0.2, 0.25) is 0 Å². The van der Waals surface area contributed by atoms with Gasteiger partial charge in [0.15, 0.2) is 0 Å². The van der Waals surface area contributed by atoms with Crippen molar-refractivity contribution in [1.82, 2.24) is 0 Å². The fourth-order valence-electron chi connectivity index (χ4n) is 0.389. The Kier molecular flexibility index (Phi) is 14.0. The van der Waals surface area contributed by atoms with E-state index in [1.807, 2.05) is 0 Å². The van der Waals surface area contributed by atoms with E-state index in [1.54, 1.807) is 7.11 Å². The van der Waals surface area contributed by atoms with E-state index in [4.69, 9.17) is 9.47 Å². The van der Waals surface area contributed by atoms with Crippen LogP contribution in [0.4, 0.5) is 0 Å². The molecule has 0 bridgehead atoms. The third kappa shape index (κ3) is 11.5. The zero-order valence-corrected chi connectivity index (χ0v) is 5.64. The smallest absolute Gasteiger partial charge is 0.0700 e. The van der Waals surface area contributed by atoms with Gasteiger partial charge >= 0.3 is 0 Å². The van der Waals surface area contributed by atoms with Gasteiger partial charge in [-0.05, 0) is 6.42 Å². The predicted molar refractivity (Wildman–Crippen MR) is 39.7 cm³/mol. The van der Waals surface area contributed by atoms with Crippen molar-refractivity contribution in [3.63, 3.8) is 0 Å². The van der Waals surface area contributed by atoms with E-state index in [2.05, 4.69) is 6.92 Å². The number of methoxy groups -OCH3 is 1. The highest BCUT2D eigenvalue weighted by molar-refractivity contribution is 4.26. The van der Waals surface area contributed by atoms with E-state index in [9.17, 15) is 0 Å². The van der Waals surface area contributed by atoms with Crippen molar-refractivity contribution in [1.29, 1.82) is 0 Å². The Bertz CT molecular complexity index is 31.9. The van der Waals surface area contributed by atoms with Crippen LogP contribution in [0.2, 0.25) is 0 Å². The molecule has 0 rings (SSSR count). The molecule has 0 aliphatic rings. The topological polar surface area (TPSA) is 18.5 Å². The van der Waals surface area contributed by atoms with Crippen molar-refractivity contribution >= 4 is 0 Å². The number of hydrogen-bond acceptors (Lipinski definition) is 2. The summed E-state index contributed by atoms with van der Waals surface area (Å²) in [6.07, 6.45) is 1.09. The molecule has 0 aliphatic carbocycles. The fourth-order valence-corrected chi connectivity index (χ4v) is 0.389. The van der Waals surface area contributed by atoms with Crippen LogP contribution in [0.25, 0.3) is 0 Å². The molecule has 0 aromatic heterocycles. The minimum atomic E-state index is 0. The Balaban J connectivity index is 0. The molecule has 0 aromatic carbocycles. The van der Waals surface area contributed by atoms with Crippen LogP contribution >= 0.6 is 0 Å². The van der Waals surface area contributed by atoms with E-state index in [0.29, 0.717) is 6.61 Å². The fraction of sp³-hybridized carbons (Fsp3) is 1.00. The van der Waals surface area contributed by atoms with Crippen LogP contribution in [-0.4, -0.2) is 26.9 Å². The van der Waals surface area contributed by atoms with Gasteiger partial charge in [0, 0.05) is 13.7 Å². The van der Waals surface area contributed by atoms with Crippen molar-refractivity contribution in [2.45, 2.75) is 20.8 Å².